The number of benzene rings is 1. The lowest BCUT2D eigenvalue weighted by molar-refractivity contribution is 0.102. The lowest BCUT2D eigenvalue weighted by Gasteiger charge is -2.09. The van der Waals surface area contributed by atoms with Gasteiger partial charge in [0.1, 0.15) is 0 Å². The second-order valence-corrected chi connectivity index (χ2v) is 5.98. The molecule has 7 heteroatoms. The number of imidazole rings is 1. The number of anilines is 1. The molecular weight excluding hydrogens is 328 g/mol. The maximum Gasteiger partial charge on any atom is 0.278 e. The third kappa shape index (κ3) is 3.19. The maximum absolute atomic E-state index is 12.5. The van der Waals surface area contributed by atoms with Gasteiger partial charge in [0.2, 0.25) is 5.95 Å². The van der Waals surface area contributed by atoms with Crippen LogP contribution in [0.1, 0.15) is 16.2 Å². The van der Waals surface area contributed by atoms with Gasteiger partial charge in [0.05, 0.1) is 11.0 Å². The highest BCUT2D eigenvalue weighted by atomic mass is 16.2. The molecule has 26 heavy (non-hydrogen) atoms. The van der Waals surface area contributed by atoms with E-state index in [1.807, 2.05) is 47.0 Å². The van der Waals surface area contributed by atoms with Crippen molar-refractivity contribution in [1.29, 1.82) is 0 Å². The molecule has 0 spiro atoms. The van der Waals surface area contributed by atoms with Crippen molar-refractivity contribution in [2.24, 2.45) is 7.05 Å². The molecule has 0 radical (unpaired) electrons. The van der Waals surface area contributed by atoms with E-state index in [9.17, 15) is 4.79 Å². The Morgan fingerprint density at radius 1 is 1.12 bits per heavy atom. The van der Waals surface area contributed by atoms with Gasteiger partial charge in [-0.3, -0.25) is 19.8 Å². The molecule has 0 saturated carbocycles. The average molecular weight is 346 g/mol. The van der Waals surface area contributed by atoms with Gasteiger partial charge in [-0.1, -0.05) is 18.2 Å². The smallest absolute Gasteiger partial charge is 0.278 e. The predicted molar refractivity (Wildman–Crippen MR) is 98.8 cm³/mol. The summed E-state index contributed by atoms with van der Waals surface area (Å²) in [7, 11) is 1.78. The van der Waals surface area contributed by atoms with Crippen LogP contribution in [0.25, 0.3) is 11.0 Å². The van der Waals surface area contributed by atoms with Gasteiger partial charge in [0.15, 0.2) is 5.69 Å². The van der Waals surface area contributed by atoms with Crippen molar-refractivity contribution in [2.45, 2.75) is 13.0 Å². The number of nitrogens with zero attached hydrogens (tertiary/aromatic N) is 5. The van der Waals surface area contributed by atoms with Gasteiger partial charge in [-0.15, -0.1) is 0 Å². The molecule has 0 unspecified atom stereocenters. The Bertz CT molecular complexity index is 1050. The van der Waals surface area contributed by atoms with E-state index < -0.39 is 0 Å². The summed E-state index contributed by atoms with van der Waals surface area (Å²) in [6, 6.07) is 15.4. The van der Waals surface area contributed by atoms with E-state index in [1.165, 1.54) is 0 Å². The van der Waals surface area contributed by atoms with Crippen LogP contribution in [0, 0.1) is 0 Å². The van der Waals surface area contributed by atoms with Gasteiger partial charge in [0, 0.05) is 38.1 Å². The summed E-state index contributed by atoms with van der Waals surface area (Å²) in [5.41, 5.74) is 3.16. The summed E-state index contributed by atoms with van der Waals surface area (Å²) in [5, 5.41) is 7.02. The largest absolute Gasteiger partial charge is 0.310 e. The Kier molecular flexibility index (Phi) is 4.18. The molecule has 0 fully saturated rings. The third-order valence-electron chi connectivity index (χ3n) is 4.14. The Labute approximate surface area is 150 Å². The summed E-state index contributed by atoms with van der Waals surface area (Å²) >= 11 is 0. The molecule has 3 heterocycles. The molecule has 1 amide bonds. The summed E-state index contributed by atoms with van der Waals surface area (Å²) in [6.45, 7) is 0.662. The molecule has 7 nitrogen and oxygen atoms in total. The number of amides is 1. The lowest BCUT2D eigenvalue weighted by Crippen LogP contribution is -2.17. The Morgan fingerprint density at radius 2 is 1.96 bits per heavy atom. The van der Waals surface area contributed by atoms with Gasteiger partial charge in [-0.25, -0.2) is 4.98 Å². The van der Waals surface area contributed by atoms with E-state index in [0.717, 1.165) is 23.1 Å². The van der Waals surface area contributed by atoms with Crippen LogP contribution >= 0.6 is 0 Å². The van der Waals surface area contributed by atoms with Crippen LogP contribution in [0.4, 0.5) is 5.95 Å². The van der Waals surface area contributed by atoms with Crippen molar-refractivity contribution in [1.82, 2.24) is 24.3 Å². The van der Waals surface area contributed by atoms with Crippen molar-refractivity contribution in [3.8, 4) is 0 Å². The number of carbonyl (C=O) groups is 1. The first-order chi connectivity index (χ1) is 12.7. The highest BCUT2D eigenvalue weighted by Gasteiger charge is 2.16. The van der Waals surface area contributed by atoms with Crippen LogP contribution in [-0.4, -0.2) is 30.2 Å². The molecule has 4 aromatic rings. The monoisotopic (exact) mass is 346 g/mol. The Hall–Kier alpha value is -3.48. The molecule has 0 atom stereocenters. The fraction of sp³-hybridized carbons (Fsp3) is 0.158. The predicted octanol–water partition coefficient (Wildman–Crippen LogP) is 2.66. The number of pyridine rings is 1. The summed E-state index contributed by atoms with van der Waals surface area (Å²) in [5.74, 6) is 0.234. The fourth-order valence-electron chi connectivity index (χ4n) is 2.87. The lowest BCUT2D eigenvalue weighted by atomic mass is 10.2. The van der Waals surface area contributed by atoms with Crippen molar-refractivity contribution < 1.29 is 4.79 Å². The van der Waals surface area contributed by atoms with Crippen molar-refractivity contribution >= 4 is 22.9 Å². The number of hydrogen-bond donors (Lipinski definition) is 1. The number of fused-ring (bicyclic) bond motifs is 1. The molecule has 130 valence electrons. The Morgan fingerprint density at radius 3 is 2.73 bits per heavy atom. The van der Waals surface area contributed by atoms with Gasteiger partial charge in [-0.05, 0) is 30.3 Å². The second kappa shape index (κ2) is 6.79. The SMILES string of the molecule is Cn1ccc(C(=O)Nc2nc3ccccc3n2CCc2ccccn2)n1. The topological polar surface area (TPSA) is 77.6 Å². The van der Waals surface area contributed by atoms with Crippen LogP contribution in [-0.2, 0) is 20.0 Å². The second-order valence-electron chi connectivity index (χ2n) is 5.98. The first-order valence-electron chi connectivity index (χ1n) is 8.37. The van der Waals surface area contributed by atoms with Crippen LogP contribution < -0.4 is 5.32 Å². The number of nitrogens with one attached hydrogen (secondary N) is 1. The summed E-state index contributed by atoms with van der Waals surface area (Å²) in [6.07, 6.45) is 4.26. The molecule has 0 aliphatic heterocycles. The van der Waals surface area contributed by atoms with Crippen LogP contribution in [0.5, 0.6) is 0 Å². The van der Waals surface area contributed by atoms with E-state index in [1.54, 1.807) is 30.2 Å². The van der Waals surface area contributed by atoms with Gasteiger partial charge in [0.25, 0.3) is 5.91 Å². The average Bonchev–Trinajstić information content (AvgIpc) is 3.24. The molecule has 0 saturated heterocycles. The first-order valence-corrected chi connectivity index (χ1v) is 8.37. The standard InChI is InChI=1S/C19H18N6O/c1-24-12-10-16(23-24)18(26)22-19-21-15-7-2-3-8-17(15)25(19)13-9-14-6-4-5-11-20-14/h2-8,10-12H,9,13H2,1H3,(H,21,22,26). The summed E-state index contributed by atoms with van der Waals surface area (Å²) < 4.78 is 3.60. The molecule has 3 aromatic heterocycles. The first kappa shape index (κ1) is 16.0. The normalized spacial score (nSPS) is 11.0. The van der Waals surface area contributed by atoms with E-state index in [-0.39, 0.29) is 5.91 Å². The van der Waals surface area contributed by atoms with Gasteiger partial charge in [-0.2, -0.15) is 5.10 Å². The molecule has 0 aliphatic rings. The zero-order valence-electron chi connectivity index (χ0n) is 14.3. The van der Waals surface area contributed by atoms with E-state index in [4.69, 9.17) is 0 Å². The van der Waals surface area contributed by atoms with Crippen LogP contribution in [0.3, 0.4) is 0 Å². The molecule has 4 rings (SSSR count). The van der Waals surface area contributed by atoms with Crippen molar-refractivity contribution in [3.63, 3.8) is 0 Å². The molecule has 0 aliphatic carbocycles. The minimum atomic E-state index is -0.278. The highest BCUT2D eigenvalue weighted by Crippen LogP contribution is 2.20. The van der Waals surface area contributed by atoms with Crippen molar-refractivity contribution in [2.75, 3.05) is 5.32 Å². The number of rotatable bonds is 5. The van der Waals surface area contributed by atoms with E-state index >= 15 is 0 Å². The van der Waals surface area contributed by atoms with Gasteiger partial charge < -0.3 is 4.57 Å². The zero-order valence-corrected chi connectivity index (χ0v) is 14.3. The van der Waals surface area contributed by atoms with Gasteiger partial charge >= 0.3 is 0 Å². The number of para-hydroxylation sites is 2. The maximum atomic E-state index is 12.5. The zero-order chi connectivity index (χ0) is 17.9. The quantitative estimate of drug-likeness (QED) is 0.603. The number of carbonyl (C=O) groups excluding carboxylic acids is 1. The molecule has 1 aromatic carbocycles. The minimum absolute atomic E-state index is 0.278. The highest BCUT2D eigenvalue weighted by molar-refractivity contribution is 6.02. The third-order valence-corrected chi connectivity index (χ3v) is 4.14. The molecule has 0 bridgehead atoms. The molecular formula is C19H18N6O. The molecule has 1 N–H and O–H groups in total. The van der Waals surface area contributed by atoms with Crippen molar-refractivity contribution in [3.05, 3.63) is 72.3 Å². The minimum Gasteiger partial charge on any atom is -0.310 e. The van der Waals surface area contributed by atoms with Crippen LogP contribution in [0.15, 0.2) is 60.9 Å². The van der Waals surface area contributed by atoms with E-state index in [0.29, 0.717) is 18.2 Å². The van der Waals surface area contributed by atoms with E-state index in [2.05, 4.69) is 20.4 Å². The fourth-order valence-corrected chi connectivity index (χ4v) is 2.87. The van der Waals surface area contributed by atoms with Crippen LogP contribution in [0.2, 0.25) is 0 Å². The Balaban J connectivity index is 1.64. The number of hydrogen-bond acceptors (Lipinski definition) is 4. The number of aryl methyl sites for hydroxylation is 3. The number of aromatic nitrogens is 5. The summed E-state index contributed by atoms with van der Waals surface area (Å²) in [4.78, 5) is 21.4.